The van der Waals surface area contributed by atoms with E-state index in [1.54, 1.807) is 0 Å². The third kappa shape index (κ3) is 5.44. The number of benzene rings is 9. The normalized spacial score (nSPS) is 11.3. The van der Waals surface area contributed by atoms with Crippen molar-refractivity contribution in [3.63, 3.8) is 0 Å². The van der Waals surface area contributed by atoms with Crippen LogP contribution in [0.5, 0.6) is 0 Å². The molecule has 1 heterocycles. The molecular formula is C52H36N2. The Labute approximate surface area is 315 Å². The molecule has 0 fully saturated rings. The van der Waals surface area contributed by atoms with Crippen LogP contribution in [0, 0.1) is 0 Å². The molecule has 0 aliphatic carbocycles. The Bertz CT molecular complexity index is 2850. The molecule has 2 nitrogen and oxygen atoms in total. The molecule has 0 bridgehead atoms. The summed E-state index contributed by atoms with van der Waals surface area (Å²) in [7, 11) is 0. The Kier molecular flexibility index (Phi) is 7.85. The Hall–Kier alpha value is -7.16. The summed E-state index contributed by atoms with van der Waals surface area (Å²) in [5.41, 5.74) is 14.2. The summed E-state index contributed by atoms with van der Waals surface area (Å²) in [5, 5.41) is 5.04. The topological polar surface area (TPSA) is 8.17 Å². The summed E-state index contributed by atoms with van der Waals surface area (Å²) in [6.45, 7) is 0. The van der Waals surface area contributed by atoms with Gasteiger partial charge in [0.15, 0.2) is 0 Å². The molecule has 54 heavy (non-hydrogen) atoms. The van der Waals surface area contributed by atoms with Gasteiger partial charge in [0.25, 0.3) is 0 Å². The first kappa shape index (κ1) is 31.6. The van der Waals surface area contributed by atoms with Crippen molar-refractivity contribution in [1.82, 2.24) is 4.57 Å². The molecule has 0 atom stereocenters. The smallest absolute Gasteiger partial charge is 0.0541 e. The van der Waals surface area contributed by atoms with Crippen LogP contribution in [-0.4, -0.2) is 4.57 Å². The Balaban J connectivity index is 1.03. The fraction of sp³-hybridized carbons (Fsp3) is 0. The minimum Gasteiger partial charge on any atom is -0.311 e. The van der Waals surface area contributed by atoms with Gasteiger partial charge in [0.1, 0.15) is 0 Å². The van der Waals surface area contributed by atoms with E-state index in [1.807, 2.05) is 0 Å². The van der Waals surface area contributed by atoms with E-state index in [-0.39, 0.29) is 0 Å². The van der Waals surface area contributed by atoms with E-state index in [2.05, 4.69) is 228 Å². The maximum Gasteiger partial charge on any atom is 0.0541 e. The summed E-state index contributed by atoms with van der Waals surface area (Å²) in [5.74, 6) is 0. The number of hydrogen-bond donors (Lipinski definition) is 0. The second-order valence-electron chi connectivity index (χ2n) is 13.7. The summed E-state index contributed by atoms with van der Waals surface area (Å²) < 4.78 is 2.41. The Morgan fingerprint density at radius 3 is 1.20 bits per heavy atom. The standard InChI is InChI=1S/C52H36N2/c1-3-15-37(16-4-1)43-35-36-44(47-21-8-7-20-46(43)47)38-27-31-41(32-28-38)53(40-17-5-2-6-18-40)42-33-29-39(30-34-42)45-19-9-12-24-50(45)54-51-25-13-10-22-48(51)49-23-11-14-26-52(49)54/h1-36H. The van der Waals surface area contributed by atoms with Crippen molar-refractivity contribution >= 4 is 49.6 Å². The quantitative estimate of drug-likeness (QED) is 0.162. The molecular weight excluding hydrogens is 653 g/mol. The minimum atomic E-state index is 1.10. The van der Waals surface area contributed by atoms with Gasteiger partial charge in [-0.15, -0.1) is 0 Å². The van der Waals surface area contributed by atoms with Gasteiger partial charge < -0.3 is 9.47 Å². The van der Waals surface area contributed by atoms with Crippen molar-refractivity contribution in [3.05, 3.63) is 218 Å². The van der Waals surface area contributed by atoms with Crippen molar-refractivity contribution in [2.45, 2.75) is 0 Å². The minimum absolute atomic E-state index is 1.10. The molecule has 10 rings (SSSR count). The van der Waals surface area contributed by atoms with Gasteiger partial charge >= 0.3 is 0 Å². The SMILES string of the molecule is c1ccc(-c2ccc(-c3ccc(N(c4ccccc4)c4ccc(-c5ccccc5-n5c6ccccc6c6ccccc65)cc4)cc3)c3ccccc23)cc1. The number of nitrogens with zero attached hydrogens (tertiary/aromatic N) is 2. The van der Waals surface area contributed by atoms with Gasteiger partial charge in [-0.3, -0.25) is 0 Å². The highest BCUT2D eigenvalue weighted by atomic mass is 15.1. The monoisotopic (exact) mass is 688 g/mol. The maximum atomic E-state index is 2.41. The van der Waals surface area contributed by atoms with E-state index >= 15 is 0 Å². The summed E-state index contributed by atoms with van der Waals surface area (Å²) >= 11 is 0. The van der Waals surface area contributed by atoms with Gasteiger partial charge in [-0.1, -0.05) is 164 Å². The molecule has 0 amide bonds. The molecule has 0 saturated heterocycles. The molecule has 0 spiro atoms. The lowest BCUT2D eigenvalue weighted by Gasteiger charge is -2.26. The molecule has 1 aromatic heterocycles. The third-order valence-corrected chi connectivity index (χ3v) is 10.6. The number of para-hydroxylation sites is 4. The number of hydrogen-bond acceptors (Lipinski definition) is 1. The van der Waals surface area contributed by atoms with Crippen LogP contribution in [-0.2, 0) is 0 Å². The fourth-order valence-corrected chi connectivity index (χ4v) is 8.12. The number of rotatable bonds is 7. The van der Waals surface area contributed by atoms with E-state index in [1.165, 1.54) is 71.6 Å². The van der Waals surface area contributed by atoms with E-state index in [9.17, 15) is 0 Å². The molecule has 10 aromatic rings. The average Bonchev–Trinajstić information content (AvgIpc) is 3.59. The van der Waals surface area contributed by atoms with Crippen LogP contribution in [0.4, 0.5) is 17.1 Å². The molecule has 0 N–H and O–H groups in total. The van der Waals surface area contributed by atoms with Crippen LogP contribution in [0.15, 0.2) is 218 Å². The lowest BCUT2D eigenvalue weighted by Crippen LogP contribution is -2.09. The molecule has 0 saturated carbocycles. The van der Waals surface area contributed by atoms with Crippen molar-refractivity contribution < 1.29 is 0 Å². The molecule has 0 radical (unpaired) electrons. The highest BCUT2D eigenvalue weighted by Crippen LogP contribution is 2.41. The van der Waals surface area contributed by atoms with Crippen molar-refractivity contribution in [3.8, 4) is 39.1 Å². The van der Waals surface area contributed by atoms with Crippen LogP contribution >= 0.6 is 0 Å². The average molecular weight is 689 g/mol. The predicted molar refractivity (Wildman–Crippen MR) is 229 cm³/mol. The van der Waals surface area contributed by atoms with Crippen LogP contribution in [0.1, 0.15) is 0 Å². The zero-order chi connectivity index (χ0) is 35.8. The second-order valence-corrected chi connectivity index (χ2v) is 13.7. The predicted octanol–water partition coefficient (Wildman–Crippen LogP) is 14.4. The zero-order valence-electron chi connectivity index (χ0n) is 29.7. The molecule has 2 heteroatoms. The van der Waals surface area contributed by atoms with E-state index in [0.717, 1.165) is 17.1 Å². The molecule has 9 aromatic carbocycles. The number of fused-ring (bicyclic) bond motifs is 4. The largest absolute Gasteiger partial charge is 0.311 e. The van der Waals surface area contributed by atoms with E-state index < -0.39 is 0 Å². The van der Waals surface area contributed by atoms with Gasteiger partial charge in [0.2, 0.25) is 0 Å². The highest BCUT2D eigenvalue weighted by molar-refractivity contribution is 6.10. The molecule has 0 unspecified atom stereocenters. The van der Waals surface area contributed by atoms with Crippen LogP contribution < -0.4 is 4.90 Å². The molecule has 0 aliphatic rings. The highest BCUT2D eigenvalue weighted by Gasteiger charge is 2.17. The van der Waals surface area contributed by atoms with Crippen molar-refractivity contribution in [2.24, 2.45) is 0 Å². The Morgan fingerprint density at radius 2 is 0.648 bits per heavy atom. The Morgan fingerprint density at radius 1 is 0.259 bits per heavy atom. The molecule has 254 valence electrons. The first-order valence-electron chi connectivity index (χ1n) is 18.5. The van der Waals surface area contributed by atoms with Crippen molar-refractivity contribution in [1.29, 1.82) is 0 Å². The third-order valence-electron chi connectivity index (χ3n) is 10.6. The summed E-state index contributed by atoms with van der Waals surface area (Å²) in [6.07, 6.45) is 0. The van der Waals surface area contributed by atoms with Gasteiger partial charge in [-0.05, 0) is 93.2 Å². The number of anilines is 3. The van der Waals surface area contributed by atoms with Gasteiger partial charge in [-0.2, -0.15) is 0 Å². The van der Waals surface area contributed by atoms with Crippen LogP contribution in [0.3, 0.4) is 0 Å². The van der Waals surface area contributed by atoms with E-state index in [0.29, 0.717) is 0 Å². The summed E-state index contributed by atoms with van der Waals surface area (Å²) in [4.78, 5) is 2.34. The first-order valence-corrected chi connectivity index (χ1v) is 18.5. The fourth-order valence-electron chi connectivity index (χ4n) is 8.12. The lowest BCUT2D eigenvalue weighted by molar-refractivity contribution is 1.18. The summed E-state index contributed by atoms with van der Waals surface area (Å²) in [6, 6.07) is 78.7. The maximum absolute atomic E-state index is 2.41. The first-order chi connectivity index (χ1) is 26.8. The second kappa shape index (κ2) is 13.4. The number of aromatic nitrogens is 1. The lowest BCUT2D eigenvalue weighted by atomic mass is 9.92. The van der Waals surface area contributed by atoms with Crippen LogP contribution in [0.2, 0.25) is 0 Å². The van der Waals surface area contributed by atoms with Gasteiger partial charge in [0, 0.05) is 33.4 Å². The van der Waals surface area contributed by atoms with E-state index in [4.69, 9.17) is 0 Å². The van der Waals surface area contributed by atoms with Crippen LogP contribution in [0.25, 0.3) is 71.6 Å². The van der Waals surface area contributed by atoms with Gasteiger partial charge in [0.05, 0.1) is 16.7 Å². The van der Waals surface area contributed by atoms with Crippen molar-refractivity contribution in [2.75, 3.05) is 4.90 Å². The molecule has 0 aliphatic heterocycles. The van der Waals surface area contributed by atoms with Gasteiger partial charge in [-0.25, -0.2) is 0 Å². The zero-order valence-corrected chi connectivity index (χ0v) is 29.7.